The lowest BCUT2D eigenvalue weighted by Crippen LogP contribution is -2.38. The number of carbonyl (C=O) groups excluding carboxylic acids is 1. The van der Waals surface area contributed by atoms with Crippen LogP contribution in [0.5, 0.6) is 5.75 Å². The van der Waals surface area contributed by atoms with Gasteiger partial charge in [-0.3, -0.25) is 4.79 Å². The summed E-state index contributed by atoms with van der Waals surface area (Å²) in [5.74, 6) is 1.33. The van der Waals surface area contributed by atoms with Crippen LogP contribution >= 0.6 is 0 Å². The lowest BCUT2D eigenvalue weighted by molar-refractivity contribution is 0.0696. The molecule has 0 bridgehead atoms. The number of carbonyl (C=O) groups is 1. The zero-order valence-corrected chi connectivity index (χ0v) is 11.8. The molecule has 0 saturated heterocycles. The Balaban J connectivity index is 2.22. The standard InChI is InChI=1S/C15H22N2O2/c1-10(2)17(9-11-4-5-11)15(18)12-6-13(16)8-14(7-12)19-3/h6-8,10-11H,4-5,9,16H2,1-3H3. The maximum absolute atomic E-state index is 12.6. The molecule has 4 nitrogen and oxygen atoms in total. The quantitative estimate of drug-likeness (QED) is 0.830. The van der Waals surface area contributed by atoms with E-state index in [1.165, 1.54) is 12.8 Å². The summed E-state index contributed by atoms with van der Waals surface area (Å²) >= 11 is 0. The smallest absolute Gasteiger partial charge is 0.254 e. The van der Waals surface area contributed by atoms with Gasteiger partial charge in [-0.2, -0.15) is 0 Å². The van der Waals surface area contributed by atoms with Crippen molar-refractivity contribution in [2.75, 3.05) is 19.4 Å². The van der Waals surface area contributed by atoms with Crippen LogP contribution in [0, 0.1) is 5.92 Å². The van der Waals surface area contributed by atoms with Crippen LogP contribution < -0.4 is 10.5 Å². The van der Waals surface area contributed by atoms with Crippen molar-refractivity contribution in [2.24, 2.45) is 5.92 Å². The Bertz CT molecular complexity index is 467. The van der Waals surface area contributed by atoms with Gasteiger partial charge in [-0.1, -0.05) is 0 Å². The molecule has 1 aromatic rings. The van der Waals surface area contributed by atoms with Crippen LogP contribution in [0.3, 0.4) is 0 Å². The number of anilines is 1. The number of hydrogen-bond donors (Lipinski definition) is 1. The van der Waals surface area contributed by atoms with Crippen molar-refractivity contribution in [1.29, 1.82) is 0 Å². The van der Waals surface area contributed by atoms with Crippen LogP contribution in [0.15, 0.2) is 18.2 Å². The van der Waals surface area contributed by atoms with Gasteiger partial charge in [-0.05, 0) is 44.7 Å². The Labute approximate surface area is 114 Å². The highest BCUT2D eigenvalue weighted by Gasteiger charge is 2.28. The number of nitrogens with two attached hydrogens (primary N) is 1. The number of benzene rings is 1. The predicted molar refractivity (Wildman–Crippen MR) is 76.3 cm³/mol. The number of ether oxygens (including phenoxy) is 1. The van der Waals surface area contributed by atoms with E-state index in [1.54, 1.807) is 25.3 Å². The number of hydrogen-bond acceptors (Lipinski definition) is 3. The second kappa shape index (κ2) is 5.51. The second-order valence-electron chi connectivity index (χ2n) is 5.49. The number of nitrogen functional groups attached to an aromatic ring is 1. The Kier molecular flexibility index (Phi) is 3.98. The van der Waals surface area contributed by atoms with Crippen molar-refractivity contribution in [3.8, 4) is 5.75 Å². The summed E-state index contributed by atoms with van der Waals surface area (Å²) in [6.07, 6.45) is 2.47. The first-order valence-electron chi connectivity index (χ1n) is 6.76. The number of rotatable bonds is 5. The number of nitrogens with zero attached hydrogens (tertiary/aromatic N) is 1. The molecule has 1 aromatic carbocycles. The van der Waals surface area contributed by atoms with E-state index in [2.05, 4.69) is 0 Å². The summed E-state index contributed by atoms with van der Waals surface area (Å²) in [6, 6.07) is 5.38. The van der Waals surface area contributed by atoms with Gasteiger partial charge in [0.2, 0.25) is 0 Å². The zero-order chi connectivity index (χ0) is 14.0. The van der Waals surface area contributed by atoms with Crippen molar-refractivity contribution in [2.45, 2.75) is 32.7 Å². The van der Waals surface area contributed by atoms with Crippen LogP contribution in [0.1, 0.15) is 37.0 Å². The molecule has 0 unspecified atom stereocenters. The summed E-state index contributed by atoms with van der Waals surface area (Å²) in [5.41, 5.74) is 6.97. The van der Waals surface area contributed by atoms with E-state index >= 15 is 0 Å². The molecule has 4 heteroatoms. The maximum atomic E-state index is 12.6. The van der Waals surface area contributed by atoms with Crippen LogP contribution in [0.2, 0.25) is 0 Å². The highest BCUT2D eigenvalue weighted by Crippen LogP contribution is 2.31. The summed E-state index contributed by atoms with van der Waals surface area (Å²) in [5, 5.41) is 0. The molecule has 0 heterocycles. The van der Waals surface area contributed by atoms with Crippen molar-refractivity contribution in [3.05, 3.63) is 23.8 Å². The number of methoxy groups -OCH3 is 1. The van der Waals surface area contributed by atoms with Gasteiger partial charge in [0.25, 0.3) is 5.91 Å². The molecule has 0 aliphatic heterocycles. The van der Waals surface area contributed by atoms with E-state index in [0.717, 1.165) is 6.54 Å². The molecule has 1 saturated carbocycles. The lowest BCUT2D eigenvalue weighted by atomic mass is 10.1. The lowest BCUT2D eigenvalue weighted by Gasteiger charge is -2.27. The minimum atomic E-state index is 0.0347. The minimum absolute atomic E-state index is 0.0347. The average Bonchev–Trinajstić information content (AvgIpc) is 3.18. The van der Waals surface area contributed by atoms with E-state index in [4.69, 9.17) is 10.5 Å². The molecule has 104 valence electrons. The van der Waals surface area contributed by atoms with Gasteiger partial charge in [-0.15, -0.1) is 0 Å². The highest BCUT2D eigenvalue weighted by molar-refractivity contribution is 5.95. The minimum Gasteiger partial charge on any atom is -0.497 e. The molecule has 1 aliphatic carbocycles. The van der Waals surface area contributed by atoms with Gasteiger partial charge in [0.05, 0.1) is 7.11 Å². The van der Waals surface area contributed by atoms with Crippen LogP contribution in [-0.2, 0) is 0 Å². The summed E-state index contributed by atoms with van der Waals surface area (Å²) in [4.78, 5) is 14.5. The van der Waals surface area contributed by atoms with E-state index < -0.39 is 0 Å². The van der Waals surface area contributed by atoms with Crippen molar-refractivity contribution in [1.82, 2.24) is 4.90 Å². The molecule has 0 spiro atoms. The van der Waals surface area contributed by atoms with Crippen molar-refractivity contribution < 1.29 is 9.53 Å². The van der Waals surface area contributed by atoms with Crippen LogP contribution in [-0.4, -0.2) is 30.5 Å². The first kappa shape index (κ1) is 13.7. The maximum Gasteiger partial charge on any atom is 0.254 e. The fourth-order valence-corrected chi connectivity index (χ4v) is 2.14. The topological polar surface area (TPSA) is 55.6 Å². The fraction of sp³-hybridized carbons (Fsp3) is 0.533. The SMILES string of the molecule is COc1cc(N)cc(C(=O)N(CC2CC2)C(C)C)c1. The van der Waals surface area contributed by atoms with E-state index in [9.17, 15) is 4.79 Å². The van der Waals surface area contributed by atoms with Crippen molar-refractivity contribution in [3.63, 3.8) is 0 Å². The number of amides is 1. The van der Waals surface area contributed by atoms with Gasteiger partial charge in [0.1, 0.15) is 5.75 Å². The fourth-order valence-electron chi connectivity index (χ4n) is 2.14. The first-order valence-corrected chi connectivity index (χ1v) is 6.76. The Morgan fingerprint density at radius 1 is 1.42 bits per heavy atom. The Hall–Kier alpha value is -1.71. The molecular weight excluding hydrogens is 240 g/mol. The average molecular weight is 262 g/mol. The molecule has 1 amide bonds. The molecule has 0 radical (unpaired) electrons. The van der Waals surface area contributed by atoms with E-state index in [1.807, 2.05) is 18.7 Å². The second-order valence-corrected chi connectivity index (χ2v) is 5.49. The Morgan fingerprint density at radius 3 is 2.63 bits per heavy atom. The van der Waals surface area contributed by atoms with Gasteiger partial charge in [-0.25, -0.2) is 0 Å². The van der Waals surface area contributed by atoms with Crippen LogP contribution in [0.4, 0.5) is 5.69 Å². The van der Waals surface area contributed by atoms with E-state index in [0.29, 0.717) is 22.9 Å². The third-order valence-electron chi connectivity index (χ3n) is 3.45. The molecule has 1 fully saturated rings. The van der Waals surface area contributed by atoms with Gasteiger partial charge in [0, 0.05) is 29.9 Å². The molecular formula is C15H22N2O2. The molecule has 19 heavy (non-hydrogen) atoms. The van der Waals surface area contributed by atoms with Crippen LogP contribution in [0.25, 0.3) is 0 Å². The molecule has 2 N–H and O–H groups in total. The van der Waals surface area contributed by atoms with Crippen molar-refractivity contribution >= 4 is 11.6 Å². The van der Waals surface area contributed by atoms with Gasteiger partial charge >= 0.3 is 0 Å². The first-order chi connectivity index (χ1) is 9.01. The zero-order valence-electron chi connectivity index (χ0n) is 11.8. The Morgan fingerprint density at radius 2 is 2.11 bits per heavy atom. The van der Waals surface area contributed by atoms with Gasteiger partial charge < -0.3 is 15.4 Å². The molecule has 0 atom stereocenters. The third kappa shape index (κ3) is 3.40. The molecule has 1 aliphatic rings. The summed E-state index contributed by atoms with van der Waals surface area (Å²) in [7, 11) is 1.58. The molecule has 0 aromatic heterocycles. The van der Waals surface area contributed by atoms with Gasteiger partial charge in [0.15, 0.2) is 0 Å². The highest BCUT2D eigenvalue weighted by atomic mass is 16.5. The third-order valence-corrected chi connectivity index (χ3v) is 3.45. The summed E-state index contributed by atoms with van der Waals surface area (Å²) < 4.78 is 5.17. The largest absolute Gasteiger partial charge is 0.497 e. The summed E-state index contributed by atoms with van der Waals surface area (Å²) in [6.45, 7) is 4.93. The molecule has 2 rings (SSSR count). The van der Waals surface area contributed by atoms with E-state index in [-0.39, 0.29) is 11.9 Å². The monoisotopic (exact) mass is 262 g/mol. The normalized spacial score (nSPS) is 14.5. The predicted octanol–water partition coefficient (Wildman–Crippen LogP) is 2.54.